The molecule has 0 radical (unpaired) electrons. The number of halogens is 2. The van der Waals surface area contributed by atoms with Gasteiger partial charge in [-0.25, -0.2) is 8.78 Å². The van der Waals surface area contributed by atoms with Crippen molar-refractivity contribution in [2.24, 2.45) is 0 Å². The number of ether oxygens (including phenoxy) is 1. The first-order valence-corrected chi connectivity index (χ1v) is 7.10. The molecule has 22 heavy (non-hydrogen) atoms. The number of hydrogen-bond acceptors (Lipinski definition) is 3. The molecule has 2 aromatic carbocycles. The minimum atomic E-state index is -0.935. The molecule has 0 heterocycles. The van der Waals surface area contributed by atoms with Crippen LogP contribution in [0.15, 0.2) is 48.5 Å². The highest BCUT2D eigenvalue weighted by Gasteiger charge is 2.14. The van der Waals surface area contributed by atoms with Crippen LogP contribution in [-0.4, -0.2) is 24.4 Å². The second kappa shape index (κ2) is 7.87. The molecule has 2 unspecified atom stereocenters. The molecule has 0 bridgehead atoms. The van der Waals surface area contributed by atoms with Crippen LogP contribution in [0, 0.1) is 11.6 Å². The van der Waals surface area contributed by atoms with Crippen LogP contribution in [0.4, 0.5) is 8.78 Å². The zero-order valence-corrected chi connectivity index (χ0v) is 12.3. The Hall–Kier alpha value is -1.98. The summed E-state index contributed by atoms with van der Waals surface area (Å²) in [5.74, 6) is -1.56. The highest BCUT2D eigenvalue weighted by atomic mass is 19.2. The smallest absolute Gasteiger partial charge is 0.162 e. The van der Waals surface area contributed by atoms with E-state index >= 15 is 0 Å². The average molecular weight is 307 g/mol. The lowest BCUT2D eigenvalue weighted by Gasteiger charge is -2.22. The summed E-state index contributed by atoms with van der Waals surface area (Å²) in [6.07, 6.45) is 0. The number of nitrogens with one attached hydrogen (secondary N) is 1. The molecule has 0 aliphatic carbocycles. The lowest BCUT2D eigenvalue weighted by atomic mass is 10.1. The number of hydrogen-bond donors (Lipinski definition) is 2. The second-order valence-corrected chi connectivity index (χ2v) is 5.10. The molecule has 2 atom stereocenters. The van der Waals surface area contributed by atoms with Crippen molar-refractivity contribution in [2.75, 3.05) is 13.2 Å². The molecule has 0 amide bonds. The number of aliphatic hydroxyl groups excluding tert-OH is 1. The van der Waals surface area contributed by atoms with Gasteiger partial charge in [0, 0.05) is 12.1 Å². The van der Waals surface area contributed by atoms with Gasteiger partial charge in [-0.3, -0.25) is 0 Å². The summed E-state index contributed by atoms with van der Waals surface area (Å²) in [5, 5.41) is 12.7. The monoisotopic (exact) mass is 307 g/mol. The summed E-state index contributed by atoms with van der Waals surface area (Å²) in [4.78, 5) is 0. The first kappa shape index (κ1) is 16.4. The van der Waals surface area contributed by atoms with Gasteiger partial charge in [-0.05, 0) is 24.6 Å². The molecule has 2 rings (SSSR count). The van der Waals surface area contributed by atoms with Gasteiger partial charge in [-0.1, -0.05) is 30.3 Å². The van der Waals surface area contributed by atoms with Crippen LogP contribution in [0.5, 0.6) is 5.75 Å². The molecule has 0 aliphatic rings. The van der Waals surface area contributed by atoms with Crippen LogP contribution in [0.2, 0.25) is 0 Å². The predicted octanol–water partition coefficient (Wildman–Crippen LogP) is 3.06. The molecular formula is C17H19F2NO2. The van der Waals surface area contributed by atoms with Gasteiger partial charge in [-0.15, -0.1) is 0 Å². The molecule has 0 aliphatic heterocycles. The summed E-state index contributed by atoms with van der Waals surface area (Å²) >= 11 is 0. The van der Waals surface area contributed by atoms with Gasteiger partial charge in [0.25, 0.3) is 0 Å². The van der Waals surface area contributed by atoms with Crippen molar-refractivity contribution in [1.29, 1.82) is 0 Å². The van der Waals surface area contributed by atoms with Crippen molar-refractivity contribution in [3.8, 4) is 5.75 Å². The molecule has 118 valence electrons. The quantitative estimate of drug-likeness (QED) is 0.826. The molecule has 0 aromatic heterocycles. The molecule has 0 fully saturated rings. The summed E-state index contributed by atoms with van der Waals surface area (Å²) in [7, 11) is 0. The Bertz CT molecular complexity index is 592. The fraction of sp³-hybridized carbons (Fsp3) is 0.294. The highest BCUT2D eigenvalue weighted by molar-refractivity contribution is 5.23. The zero-order chi connectivity index (χ0) is 15.9. The Balaban J connectivity index is 1.89. The predicted molar refractivity (Wildman–Crippen MR) is 80.7 cm³/mol. The van der Waals surface area contributed by atoms with Gasteiger partial charge in [0.15, 0.2) is 11.6 Å². The van der Waals surface area contributed by atoms with Crippen LogP contribution in [0.1, 0.15) is 18.5 Å². The van der Waals surface area contributed by atoms with E-state index in [-0.39, 0.29) is 31.0 Å². The van der Waals surface area contributed by atoms with Gasteiger partial charge in [0.2, 0.25) is 0 Å². The molecule has 2 aromatic rings. The third kappa shape index (κ3) is 4.51. The Morgan fingerprint density at radius 3 is 2.45 bits per heavy atom. The van der Waals surface area contributed by atoms with E-state index in [9.17, 15) is 13.9 Å². The summed E-state index contributed by atoms with van der Waals surface area (Å²) < 4.78 is 31.4. The van der Waals surface area contributed by atoms with Crippen LogP contribution in [-0.2, 0) is 0 Å². The lowest BCUT2D eigenvalue weighted by molar-refractivity contribution is 0.208. The molecule has 0 saturated heterocycles. The van der Waals surface area contributed by atoms with Crippen molar-refractivity contribution < 1.29 is 18.6 Å². The van der Waals surface area contributed by atoms with Gasteiger partial charge < -0.3 is 15.2 Å². The fourth-order valence-electron chi connectivity index (χ4n) is 2.12. The number of benzene rings is 2. The molecule has 5 heteroatoms. The highest BCUT2D eigenvalue weighted by Crippen LogP contribution is 2.16. The molecular weight excluding hydrogens is 288 g/mol. The zero-order valence-electron chi connectivity index (χ0n) is 12.3. The van der Waals surface area contributed by atoms with Gasteiger partial charge in [0.1, 0.15) is 12.4 Å². The van der Waals surface area contributed by atoms with E-state index in [2.05, 4.69) is 5.32 Å². The minimum Gasteiger partial charge on any atom is -0.492 e. The fourth-order valence-corrected chi connectivity index (χ4v) is 2.12. The van der Waals surface area contributed by atoms with Crippen LogP contribution in [0.3, 0.4) is 0 Å². The maximum absolute atomic E-state index is 13.1. The van der Waals surface area contributed by atoms with Gasteiger partial charge in [0.05, 0.1) is 12.6 Å². The van der Waals surface area contributed by atoms with Crippen molar-refractivity contribution in [3.05, 3.63) is 65.7 Å². The van der Waals surface area contributed by atoms with Crippen molar-refractivity contribution in [3.63, 3.8) is 0 Å². The Kier molecular flexibility index (Phi) is 5.86. The lowest BCUT2D eigenvalue weighted by Crippen LogP contribution is -2.36. The van der Waals surface area contributed by atoms with Crippen LogP contribution >= 0.6 is 0 Å². The molecule has 2 N–H and O–H groups in total. The molecule has 3 nitrogen and oxygen atoms in total. The van der Waals surface area contributed by atoms with Gasteiger partial charge >= 0.3 is 0 Å². The molecule has 0 saturated carbocycles. The maximum atomic E-state index is 13.1. The maximum Gasteiger partial charge on any atom is 0.162 e. The van der Waals surface area contributed by atoms with E-state index < -0.39 is 11.6 Å². The SMILES string of the molecule is CC(COc1ccc(F)c(F)c1)NC(CO)c1ccccc1. The van der Waals surface area contributed by atoms with Crippen LogP contribution < -0.4 is 10.1 Å². The van der Waals surface area contributed by atoms with E-state index in [0.717, 1.165) is 17.7 Å². The van der Waals surface area contributed by atoms with E-state index in [1.807, 2.05) is 37.3 Å². The standard InChI is InChI=1S/C17H19F2NO2/c1-12(11-22-14-7-8-15(18)16(19)9-14)20-17(10-21)13-5-3-2-4-6-13/h2-9,12,17,20-21H,10-11H2,1H3. The third-order valence-corrected chi connectivity index (χ3v) is 3.26. The first-order chi connectivity index (χ1) is 10.6. The topological polar surface area (TPSA) is 41.5 Å². The van der Waals surface area contributed by atoms with E-state index in [1.165, 1.54) is 6.07 Å². The first-order valence-electron chi connectivity index (χ1n) is 7.10. The third-order valence-electron chi connectivity index (χ3n) is 3.26. The number of aliphatic hydroxyl groups is 1. The van der Waals surface area contributed by atoms with E-state index in [1.54, 1.807) is 0 Å². The van der Waals surface area contributed by atoms with Crippen molar-refractivity contribution >= 4 is 0 Å². The number of rotatable bonds is 7. The Morgan fingerprint density at radius 2 is 1.82 bits per heavy atom. The normalized spacial score (nSPS) is 13.6. The second-order valence-electron chi connectivity index (χ2n) is 5.10. The Morgan fingerprint density at radius 1 is 1.09 bits per heavy atom. The Labute approximate surface area is 128 Å². The van der Waals surface area contributed by atoms with E-state index in [4.69, 9.17) is 4.74 Å². The van der Waals surface area contributed by atoms with Crippen molar-refractivity contribution in [1.82, 2.24) is 5.32 Å². The minimum absolute atomic E-state index is 0.0421. The van der Waals surface area contributed by atoms with Crippen LogP contribution in [0.25, 0.3) is 0 Å². The van der Waals surface area contributed by atoms with Crippen molar-refractivity contribution in [2.45, 2.75) is 19.0 Å². The van der Waals surface area contributed by atoms with E-state index in [0.29, 0.717) is 0 Å². The average Bonchev–Trinajstić information content (AvgIpc) is 2.54. The molecule has 0 spiro atoms. The summed E-state index contributed by atoms with van der Waals surface area (Å²) in [6, 6.07) is 12.7. The largest absolute Gasteiger partial charge is 0.492 e. The summed E-state index contributed by atoms with van der Waals surface area (Å²) in [5.41, 5.74) is 0.977. The van der Waals surface area contributed by atoms with Gasteiger partial charge in [-0.2, -0.15) is 0 Å². The summed E-state index contributed by atoms with van der Waals surface area (Å²) in [6.45, 7) is 2.12.